The maximum atomic E-state index is 13.0. The van der Waals surface area contributed by atoms with Crippen LogP contribution in [0.5, 0.6) is 11.5 Å². The number of hydrogen-bond donors (Lipinski definition) is 2. The van der Waals surface area contributed by atoms with Gasteiger partial charge in [-0.3, -0.25) is 9.59 Å². The van der Waals surface area contributed by atoms with Crippen LogP contribution in [0.3, 0.4) is 0 Å². The SMILES string of the molecule is CC(=O)Nc1ccc(C(=O)NCc2cccc(Oc3ccc(F)cc3)c2)cc1. The summed E-state index contributed by atoms with van der Waals surface area (Å²) in [5, 5.41) is 5.50. The topological polar surface area (TPSA) is 67.4 Å². The van der Waals surface area contributed by atoms with Crippen molar-refractivity contribution in [2.24, 2.45) is 0 Å². The largest absolute Gasteiger partial charge is 0.457 e. The molecule has 0 heterocycles. The van der Waals surface area contributed by atoms with Gasteiger partial charge in [0.15, 0.2) is 0 Å². The quantitative estimate of drug-likeness (QED) is 0.663. The molecule has 0 aliphatic heterocycles. The Labute approximate surface area is 162 Å². The van der Waals surface area contributed by atoms with E-state index in [0.717, 1.165) is 5.56 Å². The maximum absolute atomic E-state index is 13.0. The highest BCUT2D eigenvalue weighted by molar-refractivity contribution is 5.95. The summed E-state index contributed by atoms with van der Waals surface area (Å²) >= 11 is 0. The van der Waals surface area contributed by atoms with E-state index in [0.29, 0.717) is 29.3 Å². The van der Waals surface area contributed by atoms with Gasteiger partial charge in [0.1, 0.15) is 17.3 Å². The molecule has 0 atom stereocenters. The maximum Gasteiger partial charge on any atom is 0.251 e. The molecule has 0 saturated carbocycles. The highest BCUT2D eigenvalue weighted by atomic mass is 19.1. The first-order chi connectivity index (χ1) is 13.5. The third-order valence-corrected chi connectivity index (χ3v) is 3.87. The van der Waals surface area contributed by atoms with Crippen LogP contribution in [0.2, 0.25) is 0 Å². The number of carbonyl (C=O) groups excluding carboxylic acids is 2. The van der Waals surface area contributed by atoms with Crippen molar-refractivity contribution in [3.05, 3.63) is 89.7 Å². The van der Waals surface area contributed by atoms with Crippen LogP contribution in [0.4, 0.5) is 10.1 Å². The Morgan fingerprint density at radius 2 is 1.64 bits per heavy atom. The van der Waals surface area contributed by atoms with E-state index in [4.69, 9.17) is 4.74 Å². The molecule has 28 heavy (non-hydrogen) atoms. The normalized spacial score (nSPS) is 10.2. The number of ether oxygens (including phenoxy) is 1. The molecule has 5 nitrogen and oxygen atoms in total. The summed E-state index contributed by atoms with van der Waals surface area (Å²) in [6.45, 7) is 1.75. The third-order valence-electron chi connectivity index (χ3n) is 3.87. The molecule has 0 aliphatic carbocycles. The summed E-state index contributed by atoms with van der Waals surface area (Å²) in [4.78, 5) is 23.3. The predicted molar refractivity (Wildman–Crippen MR) is 105 cm³/mol. The Kier molecular flexibility index (Phi) is 6.01. The van der Waals surface area contributed by atoms with Crippen LogP contribution in [-0.4, -0.2) is 11.8 Å². The zero-order valence-corrected chi connectivity index (χ0v) is 15.2. The summed E-state index contributed by atoms with van der Waals surface area (Å²) in [5.74, 6) is 0.410. The van der Waals surface area contributed by atoms with Crippen molar-refractivity contribution in [1.29, 1.82) is 0 Å². The van der Waals surface area contributed by atoms with E-state index in [1.807, 2.05) is 18.2 Å². The molecule has 6 heteroatoms. The Morgan fingerprint density at radius 1 is 0.929 bits per heavy atom. The molecule has 0 aliphatic rings. The summed E-state index contributed by atoms with van der Waals surface area (Å²) in [6, 6.07) is 19.7. The molecule has 3 rings (SSSR count). The standard InChI is InChI=1S/C22H19FN2O3/c1-15(26)25-19-9-5-17(6-10-19)22(27)24-14-16-3-2-4-21(13-16)28-20-11-7-18(23)8-12-20/h2-13H,14H2,1H3,(H,24,27)(H,25,26). The van der Waals surface area contributed by atoms with Crippen molar-refractivity contribution < 1.29 is 18.7 Å². The van der Waals surface area contributed by atoms with Gasteiger partial charge < -0.3 is 15.4 Å². The smallest absolute Gasteiger partial charge is 0.251 e. The number of benzene rings is 3. The highest BCUT2D eigenvalue weighted by Crippen LogP contribution is 2.22. The van der Waals surface area contributed by atoms with Gasteiger partial charge in [-0.05, 0) is 66.2 Å². The van der Waals surface area contributed by atoms with Gasteiger partial charge in [0.25, 0.3) is 5.91 Å². The van der Waals surface area contributed by atoms with Gasteiger partial charge in [-0.2, -0.15) is 0 Å². The fraction of sp³-hybridized carbons (Fsp3) is 0.0909. The molecule has 2 amide bonds. The van der Waals surface area contributed by atoms with Crippen molar-refractivity contribution >= 4 is 17.5 Å². The van der Waals surface area contributed by atoms with Crippen LogP contribution in [0.25, 0.3) is 0 Å². The average molecular weight is 378 g/mol. The van der Waals surface area contributed by atoms with Crippen molar-refractivity contribution in [3.63, 3.8) is 0 Å². The van der Waals surface area contributed by atoms with Gasteiger partial charge in [0.2, 0.25) is 5.91 Å². The summed E-state index contributed by atoms with van der Waals surface area (Å²) < 4.78 is 18.7. The first-order valence-corrected chi connectivity index (χ1v) is 8.68. The van der Waals surface area contributed by atoms with E-state index in [1.165, 1.54) is 19.1 Å². The molecule has 0 unspecified atom stereocenters. The van der Waals surface area contributed by atoms with Gasteiger partial charge in [0.05, 0.1) is 0 Å². The molecular formula is C22H19FN2O3. The van der Waals surface area contributed by atoms with Crippen molar-refractivity contribution in [2.75, 3.05) is 5.32 Å². The zero-order chi connectivity index (χ0) is 19.9. The molecule has 0 fully saturated rings. The van der Waals surface area contributed by atoms with Crippen LogP contribution in [0.15, 0.2) is 72.8 Å². The van der Waals surface area contributed by atoms with Gasteiger partial charge >= 0.3 is 0 Å². The Morgan fingerprint density at radius 3 is 2.32 bits per heavy atom. The number of nitrogens with one attached hydrogen (secondary N) is 2. The molecule has 3 aromatic carbocycles. The van der Waals surface area contributed by atoms with E-state index in [2.05, 4.69) is 10.6 Å². The minimum Gasteiger partial charge on any atom is -0.457 e. The molecular weight excluding hydrogens is 359 g/mol. The lowest BCUT2D eigenvalue weighted by atomic mass is 10.1. The molecule has 0 saturated heterocycles. The lowest BCUT2D eigenvalue weighted by molar-refractivity contribution is -0.114. The van der Waals surface area contributed by atoms with Gasteiger partial charge in [-0.1, -0.05) is 12.1 Å². The first kappa shape index (κ1) is 19.1. The number of hydrogen-bond acceptors (Lipinski definition) is 3. The van der Waals surface area contributed by atoms with E-state index in [9.17, 15) is 14.0 Å². The molecule has 0 spiro atoms. The molecule has 2 N–H and O–H groups in total. The Hall–Kier alpha value is -3.67. The van der Waals surface area contributed by atoms with Crippen LogP contribution < -0.4 is 15.4 Å². The summed E-state index contributed by atoms with van der Waals surface area (Å²) in [5.41, 5.74) is 1.99. The number of anilines is 1. The Bertz CT molecular complexity index is 970. The molecule has 0 aromatic heterocycles. The number of halogens is 1. The number of rotatable bonds is 6. The zero-order valence-electron chi connectivity index (χ0n) is 15.2. The predicted octanol–water partition coefficient (Wildman–Crippen LogP) is 4.51. The third kappa shape index (κ3) is 5.41. The van der Waals surface area contributed by atoms with Gasteiger partial charge in [-0.15, -0.1) is 0 Å². The van der Waals surface area contributed by atoms with E-state index in [1.54, 1.807) is 42.5 Å². The van der Waals surface area contributed by atoms with E-state index in [-0.39, 0.29) is 17.6 Å². The second-order valence-corrected chi connectivity index (χ2v) is 6.14. The van der Waals surface area contributed by atoms with E-state index >= 15 is 0 Å². The van der Waals surface area contributed by atoms with Crippen molar-refractivity contribution in [1.82, 2.24) is 5.32 Å². The number of carbonyl (C=O) groups is 2. The minimum atomic E-state index is -0.325. The second kappa shape index (κ2) is 8.81. The highest BCUT2D eigenvalue weighted by Gasteiger charge is 2.06. The lowest BCUT2D eigenvalue weighted by Gasteiger charge is -2.09. The van der Waals surface area contributed by atoms with Crippen LogP contribution in [0.1, 0.15) is 22.8 Å². The van der Waals surface area contributed by atoms with Crippen LogP contribution >= 0.6 is 0 Å². The monoisotopic (exact) mass is 378 g/mol. The fourth-order valence-electron chi connectivity index (χ4n) is 2.55. The Balaban J connectivity index is 1.58. The molecule has 142 valence electrons. The summed E-state index contributed by atoms with van der Waals surface area (Å²) in [7, 11) is 0. The average Bonchev–Trinajstić information content (AvgIpc) is 2.68. The number of amides is 2. The van der Waals surface area contributed by atoms with Crippen LogP contribution in [0, 0.1) is 5.82 Å². The van der Waals surface area contributed by atoms with Gasteiger partial charge in [-0.25, -0.2) is 4.39 Å². The van der Waals surface area contributed by atoms with E-state index < -0.39 is 0 Å². The lowest BCUT2D eigenvalue weighted by Crippen LogP contribution is -2.22. The van der Waals surface area contributed by atoms with Crippen molar-refractivity contribution in [2.45, 2.75) is 13.5 Å². The van der Waals surface area contributed by atoms with Crippen molar-refractivity contribution in [3.8, 4) is 11.5 Å². The van der Waals surface area contributed by atoms with Gasteiger partial charge in [0, 0.05) is 24.7 Å². The molecule has 3 aromatic rings. The van der Waals surface area contributed by atoms with Crippen LogP contribution in [-0.2, 0) is 11.3 Å². The molecule has 0 radical (unpaired) electrons. The second-order valence-electron chi connectivity index (χ2n) is 6.14. The molecule has 0 bridgehead atoms. The first-order valence-electron chi connectivity index (χ1n) is 8.68. The summed E-state index contributed by atoms with van der Waals surface area (Å²) in [6.07, 6.45) is 0. The minimum absolute atomic E-state index is 0.167. The fourth-order valence-corrected chi connectivity index (χ4v) is 2.55.